The lowest BCUT2D eigenvalue weighted by Crippen LogP contribution is -2.48. The molecule has 1 fully saturated rings. The number of methoxy groups -OCH3 is 2. The van der Waals surface area contributed by atoms with Crippen LogP contribution in [0.15, 0.2) is 48.5 Å². The van der Waals surface area contributed by atoms with Crippen LogP contribution >= 0.6 is 0 Å². The smallest absolute Gasteiger partial charge is 0.325 e. The van der Waals surface area contributed by atoms with E-state index in [-0.39, 0.29) is 5.78 Å². The van der Waals surface area contributed by atoms with Crippen LogP contribution in [-0.2, 0) is 26.3 Å². The summed E-state index contributed by atoms with van der Waals surface area (Å²) >= 11 is 0. The van der Waals surface area contributed by atoms with Crippen LogP contribution in [0.2, 0.25) is 0 Å². The fraction of sp³-hybridized carbons (Fsp3) is 0.333. The first kappa shape index (κ1) is 23.8. The molecule has 0 aromatic heterocycles. The number of Topliss-reactive ketones (excluding diaryl/α,β-unsaturated/α-hetero) is 1. The van der Waals surface area contributed by atoms with Gasteiger partial charge in [-0.05, 0) is 43.5 Å². The number of carbonyl (C=O) groups is 4. The van der Waals surface area contributed by atoms with E-state index in [2.05, 4.69) is 10.6 Å². The lowest BCUT2D eigenvalue weighted by atomic mass is 9.91. The van der Waals surface area contributed by atoms with E-state index >= 15 is 0 Å². The first-order valence-electron chi connectivity index (χ1n) is 10.4. The molecule has 0 bridgehead atoms. The van der Waals surface area contributed by atoms with E-state index < -0.39 is 36.0 Å². The van der Waals surface area contributed by atoms with Crippen molar-refractivity contribution in [3.8, 4) is 11.5 Å². The van der Waals surface area contributed by atoms with Crippen molar-refractivity contribution in [2.24, 2.45) is 0 Å². The third-order valence-corrected chi connectivity index (χ3v) is 5.65. The lowest BCUT2D eigenvalue weighted by Gasteiger charge is -2.23. The fourth-order valence-electron chi connectivity index (χ4n) is 3.71. The summed E-state index contributed by atoms with van der Waals surface area (Å²) < 4.78 is 10.5. The Kier molecular flexibility index (Phi) is 7.01. The second kappa shape index (κ2) is 9.72. The largest absolute Gasteiger partial charge is 0.493 e. The molecule has 2 N–H and O–H groups in total. The van der Waals surface area contributed by atoms with E-state index in [9.17, 15) is 19.2 Å². The van der Waals surface area contributed by atoms with Crippen LogP contribution in [0.1, 0.15) is 25.0 Å². The number of rotatable bonds is 9. The molecule has 1 heterocycles. The minimum atomic E-state index is -1.39. The molecular weight excluding hydrogens is 426 g/mol. The average Bonchev–Trinajstić information content (AvgIpc) is 3.02. The van der Waals surface area contributed by atoms with Crippen LogP contribution in [0.25, 0.3) is 0 Å². The molecule has 0 radical (unpaired) electrons. The predicted octanol–water partition coefficient (Wildman–Crippen LogP) is 1.79. The Morgan fingerprint density at radius 3 is 2.33 bits per heavy atom. The number of hydrogen-bond donors (Lipinski definition) is 2. The molecule has 9 nitrogen and oxygen atoms in total. The van der Waals surface area contributed by atoms with Crippen LogP contribution in [0.5, 0.6) is 11.5 Å². The van der Waals surface area contributed by atoms with Crippen LogP contribution < -0.4 is 20.1 Å². The van der Waals surface area contributed by atoms with Gasteiger partial charge in [-0.2, -0.15) is 0 Å². The predicted molar refractivity (Wildman–Crippen MR) is 120 cm³/mol. The van der Waals surface area contributed by atoms with Crippen LogP contribution in [-0.4, -0.2) is 55.3 Å². The summed E-state index contributed by atoms with van der Waals surface area (Å²) in [5.41, 5.74) is -0.0258. The van der Waals surface area contributed by atoms with Gasteiger partial charge in [0, 0.05) is 0 Å². The van der Waals surface area contributed by atoms with Gasteiger partial charge in [0.25, 0.3) is 5.91 Å². The zero-order chi connectivity index (χ0) is 24.2. The highest BCUT2D eigenvalue weighted by atomic mass is 16.5. The van der Waals surface area contributed by atoms with Gasteiger partial charge >= 0.3 is 6.03 Å². The van der Waals surface area contributed by atoms with Crippen molar-refractivity contribution >= 4 is 23.6 Å². The molecule has 0 saturated carbocycles. The van der Waals surface area contributed by atoms with E-state index in [4.69, 9.17) is 9.47 Å². The van der Waals surface area contributed by atoms with Crippen molar-refractivity contribution in [2.45, 2.75) is 31.8 Å². The Balaban J connectivity index is 1.73. The molecule has 4 amide bonds. The van der Waals surface area contributed by atoms with E-state index in [1.165, 1.54) is 21.1 Å². The topological polar surface area (TPSA) is 114 Å². The van der Waals surface area contributed by atoms with Crippen LogP contribution in [0.4, 0.5) is 4.79 Å². The van der Waals surface area contributed by atoms with Crippen LogP contribution in [0, 0.1) is 0 Å². The van der Waals surface area contributed by atoms with Gasteiger partial charge in [-0.25, -0.2) is 4.79 Å². The average molecular weight is 453 g/mol. The minimum Gasteiger partial charge on any atom is -0.493 e. The monoisotopic (exact) mass is 453 g/mol. The van der Waals surface area contributed by atoms with Crippen molar-refractivity contribution < 1.29 is 28.7 Å². The van der Waals surface area contributed by atoms with Gasteiger partial charge < -0.3 is 20.1 Å². The summed E-state index contributed by atoms with van der Waals surface area (Å²) in [5, 5.41) is 5.29. The molecule has 33 heavy (non-hydrogen) atoms. The maximum atomic E-state index is 13.2. The number of nitrogens with zero attached hydrogens (tertiary/aromatic N) is 1. The second-order valence-corrected chi connectivity index (χ2v) is 7.94. The van der Waals surface area contributed by atoms with Crippen LogP contribution in [0.3, 0.4) is 0 Å². The molecule has 9 heteroatoms. The summed E-state index contributed by atoms with van der Waals surface area (Å²) in [4.78, 5) is 51.3. The highest BCUT2D eigenvalue weighted by Crippen LogP contribution is 2.35. The fourth-order valence-corrected chi connectivity index (χ4v) is 3.71. The van der Waals surface area contributed by atoms with E-state index in [0.29, 0.717) is 23.5 Å². The Labute approximate surface area is 192 Å². The summed E-state index contributed by atoms with van der Waals surface area (Å²) in [6, 6.07) is 12.7. The third kappa shape index (κ3) is 4.97. The Bertz CT molecular complexity index is 1070. The standard InChI is InChI=1S/C24H27N3O6/c1-15(28)18(12-16-8-6-5-7-9-16)25-21(29)14-27-22(30)24(2,26-23(27)31)17-10-11-19(32-3)20(13-17)33-4/h5-11,13,18H,12,14H2,1-4H3,(H,25,29)(H,26,31). The van der Waals surface area contributed by atoms with Gasteiger partial charge in [0.1, 0.15) is 12.1 Å². The summed E-state index contributed by atoms with van der Waals surface area (Å²) in [7, 11) is 2.96. The first-order valence-corrected chi connectivity index (χ1v) is 10.4. The van der Waals surface area contributed by atoms with Gasteiger partial charge in [0.2, 0.25) is 5.91 Å². The molecule has 2 aromatic carbocycles. The number of urea groups is 1. The van der Waals surface area contributed by atoms with Crippen molar-refractivity contribution in [3.63, 3.8) is 0 Å². The summed E-state index contributed by atoms with van der Waals surface area (Å²) in [6.07, 6.45) is 0.311. The summed E-state index contributed by atoms with van der Waals surface area (Å²) in [5.74, 6) is -0.533. The molecule has 2 unspecified atom stereocenters. The number of hydrogen-bond acceptors (Lipinski definition) is 6. The Morgan fingerprint density at radius 2 is 1.73 bits per heavy atom. The number of ether oxygens (including phenoxy) is 2. The van der Waals surface area contributed by atoms with Crippen molar-refractivity contribution in [1.82, 2.24) is 15.5 Å². The summed E-state index contributed by atoms with van der Waals surface area (Å²) in [6.45, 7) is 2.43. The molecule has 174 valence electrons. The third-order valence-electron chi connectivity index (χ3n) is 5.65. The molecule has 2 aromatic rings. The molecule has 1 aliphatic heterocycles. The van der Waals surface area contributed by atoms with Gasteiger partial charge in [0.15, 0.2) is 17.3 Å². The number of nitrogens with one attached hydrogen (secondary N) is 2. The van der Waals surface area contributed by atoms with Gasteiger partial charge in [-0.15, -0.1) is 0 Å². The molecular formula is C24H27N3O6. The van der Waals surface area contributed by atoms with Crippen molar-refractivity contribution in [3.05, 3.63) is 59.7 Å². The number of amides is 4. The number of imide groups is 1. The second-order valence-electron chi connectivity index (χ2n) is 7.94. The van der Waals surface area contributed by atoms with Crippen molar-refractivity contribution in [1.29, 1.82) is 0 Å². The molecule has 1 aliphatic rings. The van der Waals surface area contributed by atoms with E-state index in [1.54, 1.807) is 25.1 Å². The molecule has 2 atom stereocenters. The highest BCUT2D eigenvalue weighted by Gasteiger charge is 2.49. The first-order chi connectivity index (χ1) is 15.7. The quantitative estimate of drug-likeness (QED) is 0.560. The van der Waals surface area contributed by atoms with Gasteiger partial charge in [-0.1, -0.05) is 36.4 Å². The number of carbonyl (C=O) groups excluding carboxylic acids is 4. The lowest BCUT2D eigenvalue weighted by molar-refractivity contribution is -0.135. The maximum absolute atomic E-state index is 13.2. The zero-order valence-corrected chi connectivity index (χ0v) is 19.0. The molecule has 0 aliphatic carbocycles. The van der Waals surface area contributed by atoms with Gasteiger partial charge in [-0.3, -0.25) is 19.3 Å². The normalized spacial score (nSPS) is 18.5. The van der Waals surface area contributed by atoms with Crippen molar-refractivity contribution in [2.75, 3.05) is 20.8 Å². The highest BCUT2D eigenvalue weighted by molar-refractivity contribution is 6.09. The SMILES string of the molecule is COc1ccc(C2(C)NC(=O)N(CC(=O)NC(Cc3ccccc3)C(C)=O)C2=O)cc1OC. The molecule has 1 saturated heterocycles. The Morgan fingerprint density at radius 1 is 1.06 bits per heavy atom. The van der Waals surface area contributed by atoms with E-state index in [1.807, 2.05) is 30.3 Å². The maximum Gasteiger partial charge on any atom is 0.325 e. The van der Waals surface area contributed by atoms with Gasteiger partial charge in [0.05, 0.1) is 20.3 Å². The zero-order valence-electron chi connectivity index (χ0n) is 19.0. The number of ketones is 1. The minimum absolute atomic E-state index is 0.223. The molecule has 3 rings (SSSR count). The van der Waals surface area contributed by atoms with E-state index in [0.717, 1.165) is 10.5 Å². The molecule has 0 spiro atoms. The number of benzene rings is 2. The Hall–Kier alpha value is -3.88.